The maximum atomic E-state index is 13.1. The first-order valence-corrected chi connectivity index (χ1v) is 12.2. The van der Waals surface area contributed by atoms with Gasteiger partial charge in [-0.3, -0.25) is 0 Å². The molecule has 0 atom stereocenters. The van der Waals surface area contributed by atoms with E-state index in [0.717, 1.165) is 11.1 Å². The van der Waals surface area contributed by atoms with Gasteiger partial charge in [0.1, 0.15) is 11.6 Å². The van der Waals surface area contributed by atoms with Crippen LogP contribution in [0.25, 0.3) is 10.9 Å². The lowest BCUT2D eigenvalue weighted by atomic mass is 9.85. The molecule has 0 saturated heterocycles. The molecule has 0 spiro atoms. The van der Waals surface area contributed by atoms with E-state index < -0.39 is 0 Å². The number of aromatic hydroxyl groups is 1. The molecule has 3 heteroatoms. The molecule has 0 amide bonds. The van der Waals surface area contributed by atoms with Gasteiger partial charge in [0.2, 0.25) is 0 Å². The molecular formula is C32H42FNO. The Morgan fingerprint density at radius 1 is 0.571 bits per heavy atom. The standard InChI is InChI=1S/C12H15N.C10H13F.C10H14O/c1-12(2,3)10-5-4-6-11-9(10)7-8-13-11;2*1-10(2,3)8-6-4-5-7-9(8)11/h4-8,13H,1-3H3;4-7H,1-3H3;4-7,11H,1-3H3. The molecule has 0 aliphatic rings. The maximum absolute atomic E-state index is 13.1. The Bertz CT molecular complexity index is 1160. The van der Waals surface area contributed by atoms with Crippen molar-refractivity contribution >= 4 is 10.9 Å². The van der Waals surface area contributed by atoms with Crippen LogP contribution in [0.3, 0.4) is 0 Å². The summed E-state index contributed by atoms with van der Waals surface area (Å²) in [4.78, 5) is 3.23. The highest BCUT2D eigenvalue weighted by Crippen LogP contribution is 2.30. The van der Waals surface area contributed by atoms with Gasteiger partial charge in [-0.1, -0.05) is 111 Å². The van der Waals surface area contributed by atoms with Crippen molar-refractivity contribution in [3.63, 3.8) is 0 Å². The van der Waals surface area contributed by atoms with E-state index in [2.05, 4.69) is 70.8 Å². The van der Waals surface area contributed by atoms with Crippen molar-refractivity contribution in [3.8, 4) is 5.75 Å². The molecule has 35 heavy (non-hydrogen) atoms. The lowest BCUT2D eigenvalue weighted by Crippen LogP contribution is -2.12. The molecule has 0 unspecified atom stereocenters. The molecule has 1 aromatic heterocycles. The summed E-state index contributed by atoms with van der Waals surface area (Å²) in [5, 5.41) is 10.8. The number of phenolic OH excluding ortho intramolecular Hbond substituents is 1. The fraction of sp³-hybridized carbons (Fsp3) is 0.375. The third-order valence-corrected chi connectivity index (χ3v) is 5.80. The first-order valence-electron chi connectivity index (χ1n) is 12.2. The number of H-pyrrole nitrogens is 1. The Balaban J connectivity index is 0.000000186. The zero-order chi connectivity index (χ0) is 26.4. The third kappa shape index (κ3) is 7.99. The van der Waals surface area contributed by atoms with E-state index in [1.807, 2.05) is 57.3 Å². The van der Waals surface area contributed by atoms with Crippen molar-refractivity contribution in [2.45, 2.75) is 78.6 Å². The average molecular weight is 476 g/mol. The van der Waals surface area contributed by atoms with E-state index in [4.69, 9.17) is 0 Å². The van der Waals surface area contributed by atoms with Gasteiger partial charge in [0.25, 0.3) is 0 Å². The third-order valence-electron chi connectivity index (χ3n) is 5.80. The minimum atomic E-state index is -0.111. The van der Waals surface area contributed by atoms with Gasteiger partial charge >= 0.3 is 0 Å². The van der Waals surface area contributed by atoms with Gasteiger partial charge in [-0.05, 0) is 57.2 Å². The quantitative estimate of drug-likeness (QED) is 0.261. The van der Waals surface area contributed by atoms with Gasteiger partial charge in [-0.15, -0.1) is 0 Å². The number of halogens is 1. The fourth-order valence-corrected chi connectivity index (χ4v) is 3.92. The van der Waals surface area contributed by atoms with Gasteiger partial charge in [-0.2, -0.15) is 0 Å². The van der Waals surface area contributed by atoms with E-state index >= 15 is 0 Å². The second-order valence-electron chi connectivity index (χ2n) is 12.0. The number of fused-ring (bicyclic) bond motifs is 1. The van der Waals surface area contributed by atoms with Gasteiger partial charge in [0.05, 0.1) is 0 Å². The van der Waals surface area contributed by atoms with Crippen LogP contribution in [0.1, 0.15) is 79.0 Å². The summed E-state index contributed by atoms with van der Waals surface area (Å²) in [6, 6.07) is 22.9. The summed E-state index contributed by atoms with van der Waals surface area (Å²) in [5.41, 5.74) is 4.58. The number of para-hydroxylation sites is 1. The Morgan fingerprint density at radius 2 is 1.06 bits per heavy atom. The van der Waals surface area contributed by atoms with E-state index in [-0.39, 0.29) is 22.1 Å². The number of phenols is 1. The highest BCUT2D eigenvalue weighted by atomic mass is 19.1. The summed E-state index contributed by atoms with van der Waals surface area (Å²) in [7, 11) is 0. The summed E-state index contributed by atoms with van der Waals surface area (Å²) in [5.74, 6) is 0.278. The zero-order valence-corrected chi connectivity index (χ0v) is 22.8. The Kier molecular flexibility index (Phi) is 8.94. The lowest BCUT2D eigenvalue weighted by Gasteiger charge is -2.19. The van der Waals surface area contributed by atoms with Crippen molar-refractivity contribution in [2.75, 3.05) is 0 Å². The minimum Gasteiger partial charge on any atom is -0.508 e. The summed E-state index contributed by atoms with van der Waals surface area (Å²) >= 11 is 0. The van der Waals surface area contributed by atoms with Gasteiger partial charge in [0.15, 0.2) is 0 Å². The normalized spacial score (nSPS) is 11.8. The second-order valence-corrected chi connectivity index (χ2v) is 12.0. The number of nitrogens with one attached hydrogen (secondary N) is 1. The maximum Gasteiger partial charge on any atom is 0.126 e. The smallest absolute Gasteiger partial charge is 0.126 e. The van der Waals surface area contributed by atoms with Crippen LogP contribution < -0.4 is 0 Å². The molecule has 2 nitrogen and oxygen atoms in total. The largest absolute Gasteiger partial charge is 0.508 e. The molecule has 1 heterocycles. The molecule has 0 aliphatic heterocycles. The van der Waals surface area contributed by atoms with Gasteiger partial charge < -0.3 is 10.1 Å². The van der Waals surface area contributed by atoms with Crippen LogP contribution in [0, 0.1) is 5.82 Å². The number of rotatable bonds is 0. The zero-order valence-electron chi connectivity index (χ0n) is 22.8. The van der Waals surface area contributed by atoms with Gasteiger partial charge in [0, 0.05) is 17.1 Å². The van der Waals surface area contributed by atoms with Crippen LogP contribution in [0.15, 0.2) is 79.0 Å². The lowest BCUT2D eigenvalue weighted by molar-refractivity contribution is 0.447. The van der Waals surface area contributed by atoms with Crippen LogP contribution in [0.4, 0.5) is 4.39 Å². The van der Waals surface area contributed by atoms with Crippen LogP contribution in [-0.4, -0.2) is 10.1 Å². The molecule has 188 valence electrons. The van der Waals surface area contributed by atoms with E-state index in [1.165, 1.54) is 22.5 Å². The average Bonchev–Trinajstić information content (AvgIpc) is 3.22. The Morgan fingerprint density at radius 3 is 1.51 bits per heavy atom. The predicted molar refractivity (Wildman–Crippen MR) is 149 cm³/mol. The van der Waals surface area contributed by atoms with E-state index in [0.29, 0.717) is 5.75 Å². The highest BCUT2D eigenvalue weighted by molar-refractivity contribution is 5.83. The van der Waals surface area contributed by atoms with Crippen molar-refractivity contribution < 1.29 is 9.50 Å². The van der Waals surface area contributed by atoms with Crippen LogP contribution in [0.2, 0.25) is 0 Å². The summed E-state index contributed by atoms with van der Waals surface area (Å²) in [6.07, 6.45) is 2.00. The minimum absolute atomic E-state index is 0.0331. The van der Waals surface area contributed by atoms with Gasteiger partial charge in [-0.25, -0.2) is 4.39 Å². The molecule has 0 radical (unpaired) electrons. The molecule has 0 fully saturated rings. The molecular weight excluding hydrogens is 433 g/mol. The van der Waals surface area contributed by atoms with Crippen LogP contribution in [-0.2, 0) is 16.2 Å². The Hall–Kier alpha value is -3.07. The molecule has 4 aromatic rings. The summed E-state index contributed by atoms with van der Waals surface area (Å²) < 4.78 is 13.1. The number of aromatic amines is 1. The summed E-state index contributed by atoms with van der Waals surface area (Å²) in [6.45, 7) is 19.0. The SMILES string of the molecule is CC(C)(C)c1cccc2[nH]ccc12.CC(C)(C)c1ccccc1F.CC(C)(C)c1ccccc1O. The van der Waals surface area contributed by atoms with Crippen LogP contribution in [0.5, 0.6) is 5.75 Å². The highest BCUT2D eigenvalue weighted by Gasteiger charge is 2.18. The monoisotopic (exact) mass is 475 g/mol. The van der Waals surface area contributed by atoms with Crippen molar-refractivity contribution in [1.29, 1.82) is 0 Å². The molecule has 2 N–H and O–H groups in total. The van der Waals surface area contributed by atoms with Crippen LogP contribution >= 0.6 is 0 Å². The number of hydrogen-bond acceptors (Lipinski definition) is 1. The van der Waals surface area contributed by atoms with Crippen molar-refractivity contribution in [1.82, 2.24) is 4.98 Å². The number of benzene rings is 3. The molecule has 0 bridgehead atoms. The van der Waals surface area contributed by atoms with E-state index in [1.54, 1.807) is 12.1 Å². The first-order chi connectivity index (χ1) is 16.1. The molecule has 4 rings (SSSR count). The number of aromatic nitrogens is 1. The van der Waals surface area contributed by atoms with Crippen molar-refractivity contribution in [2.24, 2.45) is 0 Å². The fourth-order valence-electron chi connectivity index (χ4n) is 3.92. The predicted octanol–water partition coefficient (Wildman–Crippen LogP) is 9.28. The topological polar surface area (TPSA) is 36.0 Å². The second kappa shape index (κ2) is 11.1. The molecule has 0 aliphatic carbocycles. The Labute approximate surface area is 211 Å². The van der Waals surface area contributed by atoms with Crippen molar-refractivity contribution in [3.05, 3.63) is 102 Å². The molecule has 3 aromatic carbocycles. The molecule has 0 saturated carbocycles. The first kappa shape index (κ1) is 28.2. The van der Waals surface area contributed by atoms with E-state index in [9.17, 15) is 9.50 Å². The number of hydrogen-bond donors (Lipinski definition) is 2.